The topological polar surface area (TPSA) is 96.7 Å². The summed E-state index contributed by atoms with van der Waals surface area (Å²) < 4.78 is 0. The fraction of sp³-hybridized carbons (Fsp3) is 0.400. The number of carbonyl (C=O) groups is 1. The first-order chi connectivity index (χ1) is 10.1. The number of aromatic nitrogens is 3. The highest BCUT2D eigenvalue weighted by atomic mass is 35.5. The number of aromatic amines is 1. The molecule has 0 aliphatic rings. The van der Waals surface area contributed by atoms with Crippen LogP contribution in [0.3, 0.4) is 0 Å². The molecule has 1 aromatic carbocycles. The minimum absolute atomic E-state index is 0. The smallest absolute Gasteiger partial charge is 0.224 e. The van der Waals surface area contributed by atoms with Gasteiger partial charge in [0.15, 0.2) is 5.82 Å². The number of nitrogens with two attached hydrogens (primary N) is 1. The number of anilines is 1. The van der Waals surface area contributed by atoms with E-state index in [1.54, 1.807) is 0 Å². The number of H-pyrrole nitrogens is 1. The van der Waals surface area contributed by atoms with Crippen molar-refractivity contribution >= 4 is 24.0 Å². The largest absolute Gasteiger partial charge is 0.330 e. The van der Waals surface area contributed by atoms with Crippen molar-refractivity contribution < 1.29 is 4.79 Å². The van der Waals surface area contributed by atoms with Gasteiger partial charge in [0, 0.05) is 17.9 Å². The molecule has 120 valence electrons. The van der Waals surface area contributed by atoms with Gasteiger partial charge < -0.3 is 11.1 Å². The minimum atomic E-state index is -0.0486. The molecule has 6 nitrogen and oxygen atoms in total. The molecular formula is C15H22ClN5O. The monoisotopic (exact) mass is 323 g/mol. The zero-order chi connectivity index (χ0) is 15.2. The Morgan fingerprint density at radius 2 is 2.09 bits per heavy atom. The van der Waals surface area contributed by atoms with Gasteiger partial charge >= 0.3 is 0 Å². The molecule has 1 aromatic heterocycles. The lowest BCUT2D eigenvalue weighted by Gasteiger charge is -2.08. The van der Waals surface area contributed by atoms with Crippen LogP contribution in [0, 0.1) is 0 Å². The number of halogens is 1. The number of carbonyl (C=O) groups excluding carboxylic acids is 1. The molecular weight excluding hydrogens is 302 g/mol. The van der Waals surface area contributed by atoms with Gasteiger partial charge in [-0.05, 0) is 25.1 Å². The lowest BCUT2D eigenvalue weighted by Crippen LogP contribution is -2.14. The standard InChI is InChI=1S/C15H21N5O.ClH/c1-10(2)14-18-15(20-19-14)11-6-3-4-7-12(11)17-13(21)8-5-9-16;/h3-4,6-7,10H,5,8-9,16H2,1-2H3,(H,17,21)(H,18,19,20);1H. The van der Waals surface area contributed by atoms with Crippen LogP contribution in [-0.2, 0) is 4.79 Å². The molecule has 0 saturated heterocycles. The number of nitrogens with zero attached hydrogens (tertiary/aromatic N) is 2. The number of para-hydroxylation sites is 1. The van der Waals surface area contributed by atoms with Gasteiger partial charge in [0.2, 0.25) is 5.91 Å². The van der Waals surface area contributed by atoms with Crippen LogP contribution in [0.4, 0.5) is 5.69 Å². The van der Waals surface area contributed by atoms with Gasteiger partial charge in [-0.1, -0.05) is 26.0 Å². The molecule has 0 spiro atoms. The second-order valence-electron chi connectivity index (χ2n) is 5.18. The number of amides is 1. The predicted molar refractivity (Wildman–Crippen MR) is 90.1 cm³/mol. The SMILES string of the molecule is CC(C)c1nc(-c2ccccc2NC(=O)CCCN)n[nH]1.Cl. The second-order valence-corrected chi connectivity index (χ2v) is 5.18. The summed E-state index contributed by atoms with van der Waals surface area (Å²) >= 11 is 0. The van der Waals surface area contributed by atoms with Gasteiger partial charge in [0.1, 0.15) is 5.82 Å². The highest BCUT2D eigenvalue weighted by Gasteiger charge is 2.13. The molecule has 0 unspecified atom stereocenters. The van der Waals surface area contributed by atoms with Gasteiger partial charge in [-0.15, -0.1) is 12.4 Å². The van der Waals surface area contributed by atoms with E-state index in [4.69, 9.17) is 5.73 Å². The van der Waals surface area contributed by atoms with E-state index in [2.05, 4.69) is 20.5 Å². The van der Waals surface area contributed by atoms with E-state index in [1.807, 2.05) is 38.1 Å². The van der Waals surface area contributed by atoms with Crippen LogP contribution in [0.25, 0.3) is 11.4 Å². The maximum absolute atomic E-state index is 11.9. The van der Waals surface area contributed by atoms with Crippen LogP contribution in [0.15, 0.2) is 24.3 Å². The Balaban J connectivity index is 0.00000242. The Labute approximate surface area is 136 Å². The third kappa shape index (κ3) is 4.54. The zero-order valence-corrected chi connectivity index (χ0v) is 13.6. The van der Waals surface area contributed by atoms with Crippen molar-refractivity contribution in [2.45, 2.75) is 32.6 Å². The molecule has 0 fully saturated rings. The van der Waals surface area contributed by atoms with E-state index >= 15 is 0 Å². The van der Waals surface area contributed by atoms with Crippen LogP contribution in [0.1, 0.15) is 38.4 Å². The fourth-order valence-corrected chi connectivity index (χ4v) is 1.92. The summed E-state index contributed by atoms with van der Waals surface area (Å²) in [6.45, 7) is 4.60. The summed E-state index contributed by atoms with van der Waals surface area (Å²) in [6, 6.07) is 7.52. The van der Waals surface area contributed by atoms with Gasteiger partial charge in [-0.2, -0.15) is 5.10 Å². The molecule has 4 N–H and O–H groups in total. The van der Waals surface area contributed by atoms with Gasteiger partial charge in [-0.3, -0.25) is 9.89 Å². The summed E-state index contributed by atoms with van der Waals surface area (Å²) in [5, 5.41) is 10.1. The van der Waals surface area contributed by atoms with Crippen LogP contribution < -0.4 is 11.1 Å². The fourth-order valence-electron chi connectivity index (χ4n) is 1.92. The number of hydrogen-bond acceptors (Lipinski definition) is 4. The average Bonchev–Trinajstić information content (AvgIpc) is 2.95. The van der Waals surface area contributed by atoms with Crippen LogP contribution >= 0.6 is 12.4 Å². The molecule has 0 bridgehead atoms. The Bertz CT molecular complexity index is 611. The van der Waals surface area contributed by atoms with E-state index in [1.165, 1.54) is 0 Å². The summed E-state index contributed by atoms with van der Waals surface area (Å²) in [5.74, 6) is 1.65. The van der Waals surface area contributed by atoms with Crippen LogP contribution in [-0.4, -0.2) is 27.6 Å². The molecule has 7 heteroatoms. The summed E-state index contributed by atoms with van der Waals surface area (Å²) in [5.41, 5.74) is 6.94. The maximum atomic E-state index is 11.9. The second kappa shape index (κ2) is 8.51. The highest BCUT2D eigenvalue weighted by molar-refractivity contribution is 5.94. The third-order valence-electron chi connectivity index (χ3n) is 3.10. The summed E-state index contributed by atoms with van der Waals surface area (Å²) in [6.07, 6.45) is 1.09. The molecule has 0 saturated carbocycles. The van der Waals surface area contributed by atoms with Crippen molar-refractivity contribution in [2.24, 2.45) is 5.73 Å². The average molecular weight is 324 g/mol. The number of benzene rings is 1. The van der Waals surface area contributed by atoms with Crippen molar-refractivity contribution in [1.82, 2.24) is 15.2 Å². The molecule has 0 aliphatic heterocycles. The van der Waals surface area contributed by atoms with Crippen molar-refractivity contribution in [1.29, 1.82) is 0 Å². The van der Waals surface area contributed by atoms with Crippen molar-refractivity contribution in [3.05, 3.63) is 30.1 Å². The first kappa shape index (κ1) is 18.1. The highest BCUT2D eigenvalue weighted by Crippen LogP contribution is 2.26. The molecule has 1 heterocycles. The maximum Gasteiger partial charge on any atom is 0.224 e. The van der Waals surface area contributed by atoms with Gasteiger partial charge in [-0.25, -0.2) is 4.98 Å². The first-order valence-electron chi connectivity index (χ1n) is 7.13. The van der Waals surface area contributed by atoms with Gasteiger partial charge in [0.25, 0.3) is 0 Å². The molecule has 0 radical (unpaired) electrons. The Kier molecular flexibility index (Phi) is 7.01. The number of nitrogens with one attached hydrogen (secondary N) is 2. The Morgan fingerprint density at radius 3 is 2.73 bits per heavy atom. The van der Waals surface area contributed by atoms with E-state index in [0.717, 1.165) is 11.4 Å². The summed E-state index contributed by atoms with van der Waals surface area (Å²) in [4.78, 5) is 16.3. The lowest BCUT2D eigenvalue weighted by atomic mass is 10.1. The Hall–Kier alpha value is -1.92. The van der Waals surface area contributed by atoms with Crippen LogP contribution in [0.2, 0.25) is 0 Å². The van der Waals surface area contributed by atoms with Crippen molar-refractivity contribution in [3.8, 4) is 11.4 Å². The summed E-state index contributed by atoms with van der Waals surface area (Å²) in [7, 11) is 0. The molecule has 0 atom stereocenters. The van der Waals surface area contributed by atoms with E-state index in [-0.39, 0.29) is 24.2 Å². The quantitative estimate of drug-likeness (QED) is 0.761. The number of hydrogen-bond donors (Lipinski definition) is 3. The molecule has 2 aromatic rings. The zero-order valence-electron chi connectivity index (χ0n) is 12.8. The number of rotatable bonds is 6. The van der Waals surface area contributed by atoms with E-state index in [9.17, 15) is 4.79 Å². The first-order valence-corrected chi connectivity index (χ1v) is 7.13. The third-order valence-corrected chi connectivity index (χ3v) is 3.10. The lowest BCUT2D eigenvalue weighted by molar-refractivity contribution is -0.116. The molecule has 0 aliphatic carbocycles. The van der Waals surface area contributed by atoms with Crippen molar-refractivity contribution in [3.63, 3.8) is 0 Å². The van der Waals surface area contributed by atoms with Gasteiger partial charge in [0.05, 0.1) is 5.69 Å². The molecule has 2 rings (SSSR count). The van der Waals surface area contributed by atoms with E-state index < -0.39 is 0 Å². The van der Waals surface area contributed by atoms with Crippen LogP contribution in [0.5, 0.6) is 0 Å². The molecule has 1 amide bonds. The molecule has 22 heavy (non-hydrogen) atoms. The minimum Gasteiger partial charge on any atom is -0.330 e. The normalized spacial score (nSPS) is 10.4. The predicted octanol–water partition coefficient (Wildman–Crippen LogP) is 2.69. The van der Waals surface area contributed by atoms with Crippen molar-refractivity contribution in [2.75, 3.05) is 11.9 Å². The van der Waals surface area contributed by atoms with E-state index in [0.29, 0.717) is 30.9 Å². The Morgan fingerprint density at radius 1 is 1.36 bits per heavy atom.